The fourth-order valence-electron chi connectivity index (χ4n) is 3.39. The van der Waals surface area contributed by atoms with Crippen LogP contribution in [0, 0.1) is 5.82 Å². The van der Waals surface area contributed by atoms with Crippen molar-refractivity contribution in [2.24, 2.45) is 0 Å². The van der Waals surface area contributed by atoms with Gasteiger partial charge in [0.25, 0.3) is 0 Å². The molecule has 0 saturated heterocycles. The first kappa shape index (κ1) is 17.6. The SMILES string of the molecule is C[C@H](Nc1nc(Nc2cc(C3CC3)[nH]n2)c2ccccc2n1)c1ccc(F)cc1. The highest BCUT2D eigenvalue weighted by Crippen LogP contribution is 2.39. The quantitative estimate of drug-likeness (QED) is 0.418. The molecule has 0 amide bonds. The van der Waals surface area contributed by atoms with Gasteiger partial charge in [0.2, 0.25) is 5.95 Å². The standard InChI is InChI=1S/C22H21FN6/c1-13(14-8-10-16(23)11-9-14)24-22-25-18-5-3-2-4-17(18)21(27-22)26-20-12-19(28-29-20)15-6-7-15/h2-5,8-13,15H,6-7H2,1H3,(H3,24,25,26,27,28,29)/t13-/m0/s1. The van der Waals surface area contributed by atoms with Gasteiger partial charge in [0.15, 0.2) is 5.82 Å². The number of nitrogens with zero attached hydrogens (tertiary/aromatic N) is 3. The van der Waals surface area contributed by atoms with Gasteiger partial charge in [0.05, 0.1) is 11.6 Å². The lowest BCUT2D eigenvalue weighted by molar-refractivity contribution is 0.626. The molecule has 0 bridgehead atoms. The van der Waals surface area contributed by atoms with E-state index in [-0.39, 0.29) is 11.9 Å². The van der Waals surface area contributed by atoms with Crippen LogP contribution in [-0.2, 0) is 0 Å². The zero-order valence-electron chi connectivity index (χ0n) is 16.0. The third kappa shape index (κ3) is 3.76. The number of fused-ring (bicyclic) bond motifs is 1. The maximum atomic E-state index is 13.2. The molecule has 2 aromatic heterocycles. The number of hydrogen-bond acceptors (Lipinski definition) is 5. The van der Waals surface area contributed by atoms with Crippen molar-refractivity contribution in [1.29, 1.82) is 0 Å². The summed E-state index contributed by atoms with van der Waals surface area (Å²) < 4.78 is 13.2. The number of hydrogen-bond donors (Lipinski definition) is 3. The molecular formula is C22H21FN6. The highest BCUT2D eigenvalue weighted by molar-refractivity contribution is 5.91. The number of halogens is 1. The Morgan fingerprint density at radius 2 is 1.86 bits per heavy atom. The van der Waals surface area contributed by atoms with Gasteiger partial charge in [-0.3, -0.25) is 5.10 Å². The van der Waals surface area contributed by atoms with Gasteiger partial charge in [-0.25, -0.2) is 9.37 Å². The van der Waals surface area contributed by atoms with Crippen LogP contribution in [0.15, 0.2) is 54.6 Å². The first-order valence-electron chi connectivity index (χ1n) is 9.77. The summed E-state index contributed by atoms with van der Waals surface area (Å²) >= 11 is 0. The molecule has 0 aliphatic heterocycles. The molecule has 1 atom stereocenters. The van der Waals surface area contributed by atoms with E-state index in [1.165, 1.54) is 25.0 Å². The van der Waals surface area contributed by atoms with Crippen molar-refractivity contribution in [2.45, 2.75) is 31.7 Å². The average Bonchev–Trinajstić information content (AvgIpc) is 3.48. The average molecular weight is 388 g/mol. The van der Waals surface area contributed by atoms with E-state index < -0.39 is 0 Å². The maximum absolute atomic E-state index is 13.2. The highest BCUT2D eigenvalue weighted by atomic mass is 19.1. The summed E-state index contributed by atoms with van der Waals surface area (Å²) in [5, 5.41) is 15.0. The lowest BCUT2D eigenvalue weighted by Crippen LogP contribution is -2.10. The van der Waals surface area contributed by atoms with Gasteiger partial charge in [-0.1, -0.05) is 24.3 Å². The number of H-pyrrole nitrogens is 1. The Morgan fingerprint density at radius 3 is 2.66 bits per heavy atom. The molecule has 1 aliphatic carbocycles. The molecular weight excluding hydrogens is 367 g/mol. The fourth-order valence-corrected chi connectivity index (χ4v) is 3.39. The number of anilines is 3. The first-order valence-corrected chi connectivity index (χ1v) is 9.77. The van der Waals surface area contributed by atoms with Crippen LogP contribution in [0.4, 0.5) is 22.0 Å². The molecule has 2 aromatic carbocycles. The molecule has 146 valence electrons. The number of aromatic nitrogens is 4. The molecule has 3 N–H and O–H groups in total. The second kappa shape index (κ2) is 7.16. The molecule has 6 nitrogen and oxygen atoms in total. The minimum Gasteiger partial charge on any atom is -0.348 e. The van der Waals surface area contributed by atoms with E-state index in [1.807, 2.05) is 37.3 Å². The molecule has 4 aromatic rings. The van der Waals surface area contributed by atoms with E-state index in [4.69, 9.17) is 0 Å². The predicted octanol–water partition coefficient (Wildman–Crippen LogP) is 5.29. The number of para-hydroxylation sites is 1. The van der Waals surface area contributed by atoms with Crippen molar-refractivity contribution < 1.29 is 4.39 Å². The van der Waals surface area contributed by atoms with Crippen molar-refractivity contribution in [3.63, 3.8) is 0 Å². The molecule has 7 heteroatoms. The maximum Gasteiger partial charge on any atom is 0.225 e. The van der Waals surface area contributed by atoms with Gasteiger partial charge in [-0.05, 0) is 49.6 Å². The van der Waals surface area contributed by atoms with Crippen LogP contribution in [0.2, 0.25) is 0 Å². The molecule has 0 unspecified atom stereocenters. The second-order valence-electron chi connectivity index (χ2n) is 7.44. The smallest absolute Gasteiger partial charge is 0.225 e. The number of nitrogens with one attached hydrogen (secondary N) is 3. The number of benzene rings is 2. The molecule has 1 fully saturated rings. The van der Waals surface area contributed by atoms with Gasteiger partial charge in [0.1, 0.15) is 11.6 Å². The summed E-state index contributed by atoms with van der Waals surface area (Å²) in [6, 6.07) is 16.3. The van der Waals surface area contributed by atoms with Crippen LogP contribution < -0.4 is 10.6 Å². The van der Waals surface area contributed by atoms with E-state index in [9.17, 15) is 4.39 Å². The molecule has 29 heavy (non-hydrogen) atoms. The second-order valence-corrected chi connectivity index (χ2v) is 7.44. The molecule has 0 radical (unpaired) electrons. The van der Waals surface area contributed by atoms with E-state index in [1.54, 1.807) is 12.1 Å². The van der Waals surface area contributed by atoms with Gasteiger partial charge < -0.3 is 10.6 Å². The third-order valence-electron chi connectivity index (χ3n) is 5.18. The molecule has 5 rings (SSSR count). The Labute approximate surface area is 167 Å². The summed E-state index contributed by atoms with van der Waals surface area (Å²) in [6.45, 7) is 1.99. The van der Waals surface area contributed by atoms with Crippen LogP contribution in [0.1, 0.15) is 43.0 Å². The monoisotopic (exact) mass is 388 g/mol. The van der Waals surface area contributed by atoms with Crippen LogP contribution in [-0.4, -0.2) is 20.2 Å². The lowest BCUT2D eigenvalue weighted by atomic mass is 10.1. The zero-order valence-corrected chi connectivity index (χ0v) is 16.0. The van der Waals surface area contributed by atoms with Crippen molar-refractivity contribution in [1.82, 2.24) is 20.2 Å². The highest BCUT2D eigenvalue weighted by Gasteiger charge is 2.25. The summed E-state index contributed by atoms with van der Waals surface area (Å²) in [5.74, 6) is 2.29. The van der Waals surface area contributed by atoms with Crippen LogP contribution in [0.5, 0.6) is 0 Å². The minimum absolute atomic E-state index is 0.0727. The first-order chi connectivity index (χ1) is 14.2. The van der Waals surface area contributed by atoms with Gasteiger partial charge in [-0.2, -0.15) is 10.1 Å². The largest absolute Gasteiger partial charge is 0.348 e. The zero-order chi connectivity index (χ0) is 19.8. The van der Waals surface area contributed by atoms with Gasteiger partial charge in [0, 0.05) is 23.1 Å². The molecule has 1 saturated carbocycles. The van der Waals surface area contributed by atoms with E-state index in [2.05, 4.69) is 30.8 Å². The number of aromatic amines is 1. The Kier molecular flexibility index (Phi) is 4.35. The van der Waals surface area contributed by atoms with E-state index in [0.717, 1.165) is 28.0 Å². The Hall–Kier alpha value is -3.48. The van der Waals surface area contributed by atoms with Gasteiger partial charge in [-0.15, -0.1) is 0 Å². The van der Waals surface area contributed by atoms with Crippen LogP contribution in [0.3, 0.4) is 0 Å². The van der Waals surface area contributed by atoms with Crippen LogP contribution in [0.25, 0.3) is 10.9 Å². The van der Waals surface area contributed by atoms with Gasteiger partial charge >= 0.3 is 0 Å². The van der Waals surface area contributed by atoms with Crippen molar-refractivity contribution in [3.8, 4) is 0 Å². The minimum atomic E-state index is -0.251. The topological polar surface area (TPSA) is 78.5 Å². The van der Waals surface area contributed by atoms with E-state index >= 15 is 0 Å². The normalized spacial score (nSPS) is 14.7. The summed E-state index contributed by atoms with van der Waals surface area (Å²) in [6.07, 6.45) is 2.43. The lowest BCUT2D eigenvalue weighted by Gasteiger charge is -2.16. The van der Waals surface area contributed by atoms with E-state index in [0.29, 0.717) is 17.7 Å². The molecule has 2 heterocycles. The Morgan fingerprint density at radius 1 is 1.07 bits per heavy atom. The third-order valence-corrected chi connectivity index (χ3v) is 5.18. The summed E-state index contributed by atoms with van der Waals surface area (Å²) in [5.41, 5.74) is 2.95. The summed E-state index contributed by atoms with van der Waals surface area (Å²) in [4.78, 5) is 9.33. The molecule has 1 aliphatic rings. The molecule has 0 spiro atoms. The van der Waals surface area contributed by atoms with Crippen molar-refractivity contribution >= 4 is 28.5 Å². The number of rotatable bonds is 6. The summed E-state index contributed by atoms with van der Waals surface area (Å²) in [7, 11) is 0. The Balaban J connectivity index is 1.45. The predicted molar refractivity (Wildman–Crippen MR) is 112 cm³/mol. The van der Waals surface area contributed by atoms with Crippen molar-refractivity contribution in [2.75, 3.05) is 10.6 Å². The van der Waals surface area contributed by atoms with Crippen molar-refractivity contribution in [3.05, 3.63) is 71.7 Å². The Bertz CT molecular complexity index is 1150. The fraction of sp³-hybridized carbons (Fsp3) is 0.227. The van der Waals surface area contributed by atoms with Crippen LogP contribution >= 0.6 is 0 Å².